The predicted molar refractivity (Wildman–Crippen MR) is 75.4 cm³/mol. The van der Waals surface area contributed by atoms with Gasteiger partial charge in [-0.2, -0.15) is 0 Å². The van der Waals surface area contributed by atoms with E-state index in [-0.39, 0.29) is 11.3 Å². The van der Waals surface area contributed by atoms with Crippen LogP contribution in [0.4, 0.5) is 0 Å². The predicted octanol–water partition coefficient (Wildman–Crippen LogP) is 5.08. The second-order valence-electron chi connectivity index (χ2n) is 4.09. The molecule has 0 spiro atoms. The van der Waals surface area contributed by atoms with Gasteiger partial charge in [-0.15, -0.1) is 19.7 Å². The first kappa shape index (κ1) is 14.7. The average Bonchev–Trinajstić information content (AvgIpc) is 2.28. The normalized spacial score (nSPS) is 16.4. The smallest absolute Gasteiger partial charge is 0.0329 e. The molecule has 0 fully saturated rings. The Bertz CT molecular complexity index is 293. The fourth-order valence-electron chi connectivity index (χ4n) is 1.95. The van der Waals surface area contributed by atoms with Crippen LogP contribution in [0.3, 0.4) is 0 Å². The molecule has 0 aromatic heterocycles. The third kappa shape index (κ3) is 3.10. The van der Waals surface area contributed by atoms with Crippen LogP contribution in [0.5, 0.6) is 0 Å². The van der Waals surface area contributed by atoms with E-state index in [0.29, 0.717) is 0 Å². The Morgan fingerprint density at radius 1 is 1.31 bits per heavy atom. The van der Waals surface area contributed by atoms with Crippen molar-refractivity contribution < 1.29 is 0 Å². The summed E-state index contributed by atoms with van der Waals surface area (Å²) in [7, 11) is 0. The zero-order chi connectivity index (χ0) is 12.6. The average molecular weight is 216 g/mol. The van der Waals surface area contributed by atoms with Gasteiger partial charge in [0.15, 0.2) is 0 Å². The van der Waals surface area contributed by atoms with Crippen molar-refractivity contribution in [2.45, 2.75) is 26.7 Å². The molecule has 0 heteroatoms. The Labute approximate surface area is 101 Å². The second kappa shape index (κ2) is 7.05. The van der Waals surface area contributed by atoms with Crippen LogP contribution in [-0.2, 0) is 0 Å². The summed E-state index contributed by atoms with van der Waals surface area (Å²) in [5.41, 5.74) is 0.908. The molecule has 0 aliphatic heterocycles. The lowest BCUT2D eigenvalue weighted by Gasteiger charge is -2.34. The van der Waals surface area contributed by atoms with Gasteiger partial charge in [0.2, 0.25) is 0 Å². The van der Waals surface area contributed by atoms with Crippen LogP contribution in [0.15, 0.2) is 62.3 Å². The minimum Gasteiger partial charge on any atom is -0.103 e. The minimum absolute atomic E-state index is 0.189. The molecule has 0 heterocycles. The molecular weight excluding hydrogens is 192 g/mol. The van der Waals surface area contributed by atoms with E-state index < -0.39 is 0 Å². The number of hydrogen-bond donors (Lipinski definition) is 0. The van der Waals surface area contributed by atoms with Crippen molar-refractivity contribution in [1.29, 1.82) is 0 Å². The molecule has 0 bridgehead atoms. The number of rotatable bonds is 8. The van der Waals surface area contributed by atoms with Gasteiger partial charge in [0, 0.05) is 5.41 Å². The van der Waals surface area contributed by atoms with E-state index >= 15 is 0 Å². The van der Waals surface area contributed by atoms with Crippen molar-refractivity contribution in [1.82, 2.24) is 0 Å². The highest BCUT2D eigenvalue weighted by Crippen LogP contribution is 2.40. The summed E-state index contributed by atoms with van der Waals surface area (Å²) in [6, 6.07) is 0. The van der Waals surface area contributed by atoms with Crippen LogP contribution in [0.1, 0.15) is 26.7 Å². The molecule has 2 unspecified atom stereocenters. The molecule has 0 amide bonds. The van der Waals surface area contributed by atoms with E-state index in [1.54, 1.807) is 0 Å². The SMILES string of the molecule is C=CCC(C=C)C(C=C)(C=CCC)C(=C)C. The van der Waals surface area contributed by atoms with E-state index in [9.17, 15) is 0 Å². The molecule has 16 heavy (non-hydrogen) atoms. The fourth-order valence-corrected chi connectivity index (χ4v) is 1.95. The highest BCUT2D eigenvalue weighted by atomic mass is 14.3. The first-order valence-corrected chi connectivity index (χ1v) is 5.79. The van der Waals surface area contributed by atoms with Crippen molar-refractivity contribution in [2.24, 2.45) is 11.3 Å². The van der Waals surface area contributed by atoms with Gasteiger partial charge in [-0.1, -0.05) is 49.5 Å². The lowest BCUT2D eigenvalue weighted by molar-refractivity contribution is 0.424. The number of hydrogen-bond acceptors (Lipinski definition) is 0. The highest BCUT2D eigenvalue weighted by molar-refractivity contribution is 5.29. The molecule has 0 saturated carbocycles. The van der Waals surface area contributed by atoms with Crippen LogP contribution in [0, 0.1) is 11.3 Å². The summed E-state index contributed by atoms with van der Waals surface area (Å²) >= 11 is 0. The molecule has 0 radical (unpaired) electrons. The van der Waals surface area contributed by atoms with Gasteiger partial charge >= 0.3 is 0 Å². The van der Waals surface area contributed by atoms with Gasteiger partial charge in [-0.05, 0) is 25.7 Å². The molecule has 0 rings (SSSR count). The van der Waals surface area contributed by atoms with Crippen molar-refractivity contribution >= 4 is 0 Å². The highest BCUT2D eigenvalue weighted by Gasteiger charge is 2.31. The summed E-state index contributed by atoms with van der Waals surface area (Å²) < 4.78 is 0. The summed E-state index contributed by atoms with van der Waals surface area (Å²) in [5, 5.41) is 0. The quantitative estimate of drug-likeness (QED) is 0.496. The zero-order valence-corrected chi connectivity index (χ0v) is 10.7. The van der Waals surface area contributed by atoms with Gasteiger partial charge in [-0.3, -0.25) is 0 Å². The van der Waals surface area contributed by atoms with Crippen LogP contribution in [0.25, 0.3) is 0 Å². The third-order valence-electron chi connectivity index (χ3n) is 3.02. The van der Waals surface area contributed by atoms with Crippen LogP contribution >= 0.6 is 0 Å². The van der Waals surface area contributed by atoms with E-state index in [1.165, 1.54) is 0 Å². The van der Waals surface area contributed by atoms with Crippen molar-refractivity contribution in [2.75, 3.05) is 0 Å². The maximum atomic E-state index is 4.10. The lowest BCUT2D eigenvalue weighted by atomic mass is 9.69. The van der Waals surface area contributed by atoms with Crippen molar-refractivity contribution in [3.8, 4) is 0 Å². The summed E-state index contributed by atoms with van der Waals surface area (Å²) in [5.74, 6) is 0.280. The Morgan fingerprint density at radius 2 is 1.94 bits per heavy atom. The van der Waals surface area contributed by atoms with Crippen LogP contribution in [0.2, 0.25) is 0 Å². The molecule has 0 aromatic rings. The molecule has 0 N–H and O–H groups in total. The minimum atomic E-state index is -0.189. The summed E-state index contributed by atoms with van der Waals surface area (Å²) in [6.07, 6.45) is 12.1. The van der Waals surface area contributed by atoms with Gasteiger partial charge in [0.25, 0.3) is 0 Å². The maximum Gasteiger partial charge on any atom is 0.0329 e. The topological polar surface area (TPSA) is 0 Å². The zero-order valence-electron chi connectivity index (χ0n) is 10.7. The molecule has 0 aliphatic carbocycles. The van der Waals surface area contributed by atoms with E-state index in [1.807, 2.05) is 25.2 Å². The van der Waals surface area contributed by atoms with Gasteiger partial charge in [0.1, 0.15) is 0 Å². The lowest BCUT2D eigenvalue weighted by Crippen LogP contribution is -2.25. The molecule has 88 valence electrons. The van der Waals surface area contributed by atoms with Crippen molar-refractivity contribution in [3.63, 3.8) is 0 Å². The largest absolute Gasteiger partial charge is 0.103 e. The first-order valence-electron chi connectivity index (χ1n) is 5.79. The monoisotopic (exact) mass is 216 g/mol. The van der Waals surface area contributed by atoms with E-state index in [4.69, 9.17) is 0 Å². The Hall–Kier alpha value is -1.30. The molecule has 2 atom stereocenters. The summed E-state index contributed by atoms with van der Waals surface area (Å²) in [4.78, 5) is 0. The van der Waals surface area contributed by atoms with Gasteiger partial charge in [-0.25, -0.2) is 0 Å². The molecule has 0 saturated heterocycles. The van der Waals surface area contributed by atoms with Gasteiger partial charge < -0.3 is 0 Å². The first-order chi connectivity index (χ1) is 7.58. The molecule has 0 nitrogen and oxygen atoms in total. The standard InChI is InChI=1S/C16H24/c1-7-11-13-16(10-4,14(5)6)15(9-3)12-8-2/h8-11,13,15H,2-5,7,12H2,1,6H3. The molecular formula is C16H24. The Kier molecular flexibility index (Phi) is 6.48. The third-order valence-corrected chi connectivity index (χ3v) is 3.02. The van der Waals surface area contributed by atoms with Gasteiger partial charge in [0.05, 0.1) is 0 Å². The van der Waals surface area contributed by atoms with Crippen LogP contribution < -0.4 is 0 Å². The Morgan fingerprint density at radius 3 is 2.25 bits per heavy atom. The summed E-state index contributed by atoms with van der Waals surface area (Å²) in [6.45, 7) is 19.9. The van der Waals surface area contributed by atoms with Crippen molar-refractivity contribution in [3.05, 3.63) is 62.3 Å². The second-order valence-corrected chi connectivity index (χ2v) is 4.09. The Balaban J connectivity index is 5.38. The van der Waals surface area contributed by atoms with E-state index in [2.05, 4.69) is 45.4 Å². The van der Waals surface area contributed by atoms with Crippen LogP contribution in [-0.4, -0.2) is 0 Å². The number of allylic oxidation sites excluding steroid dienone is 6. The maximum absolute atomic E-state index is 4.10. The fraction of sp³-hybridized carbons (Fsp3) is 0.375. The molecule has 0 aromatic carbocycles. The molecule has 0 aliphatic rings. The van der Waals surface area contributed by atoms with E-state index in [0.717, 1.165) is 18.4 Å².